The summed E-state index contributed by atoms with van der Waals surface area (Å²) in [4.78, 5) is 12.4. The molecule has 0 spiro atoms. The average molecular weight is 266 g/mol. The Balaban J connectivity index is 2.10. The number of rotatable bonds is 5. The zero-order valence-corrected chi connectivity index (χ0v) is 11.7. The fraction of sp³-hybridized carbons (Fsp3) is 0.750. The van der Waals surface area contributed by atoms with Gasteiger partial charge in [0.05, 0.1) is 7.11 Å². The number of anilines is 2. The van der Waals surface area contributed by atoms with Gasteiger partial charge in [-0.15, -0.1) is 0 Å². The van der Waals surface area contributed by atoms with Crippen LogP contribution in [0.3, 0.4) is 0 Å². The summed E-state index contributed by atoms with van der Waals surface area (Å²) in [6, 6.07) is 0.644. The number of hydrogen-bond donors (Lipinski definition) is 3. The van der Waals surface area contributed by atoms with Crippen LogP contribution in [0.1, 0.15) is 33.1 Å². The van der Waals surface area contributed by atoms with E-state index in [0.717, 1.165) is 12.3 Å². The Bertz CT molecular complexity index is 404. The molecule has 3 atom stereocenters. The minimum atomic E-state index is 0.253. The average Bonchev–Trinajstić information content (AvgIpc) is 2.79. The van der Waals surface area contributed by atoms with Crippen molar-refractivity contribution in [2.24, 2.45) is 17.7 Å². The van der Waals surface area contributed by atoms with Gasteiger partial charge in [0.1, 0.15) is 0 Å². The molecule has 1 aromatic rings. The van der Waals surface area contributed by atoms with Gasteiger partial charge in [-0.3, -0.25) is 5.43 Å². The molecule has 106 valence electrons. The van der Waals surface area contributed by atoms with Gasteiger partial charge in [-0.2, -0.15) is 15.0 Å². The van der Waals surface area contributed by atoms with Gasteiger partial charge >= 0.3 is 6.01 Å². The third-order valence-electron chi connectivity index (χ3n) is 3.99. The molecule has 7 heteroatoms. The van der Waals surface area contributed by atoms with Crippen molar-refractivity contribution < 1.29 is 4.74 Å². The van der Waals surface area contributed by atoms with E-state index in [1.54, 1.807) is 0 Å². The van der Waals surface area contributed by atoms with Crippen molar-refractivity contribution in [2.75, 3.05) is 17.9 Å². The van der Waals surface area contributed by atoms with Crippen molar-refractivity contribution >= 4 is 11.9 Å². The minimum absolute atomic E-state index is 0.253. The zero-order valence-electron chi connectivity index (χ0n) is 11.7. The molecule has 7 nitrogen and oxygen atoms in total. The second-order valence-corrected chi connectivity index (χ2v) is 4.97. The molecule has 0 aliphatic heterocycles. The highest BCUT2D eigenvalue weighted by molar-refractivity contribution is 5.36. The molecule has 1 heterocycles. The molecule has 0 amide bonds. The normalized spacial score (nSPS) is 26.2. The number of aromatic nitrogens is 3. The van der Waals surface area contributed by atoms with Crippen LogP contribution < -0.4 is 21.3 Å². The van der Waals surface area contributed by atoms with Crippen molar-refractivity contribution in [2.45, 2.75) is 39.2 Å². The number of nitrogens with one attached hydrogen (secondary N) is 2. The Kier molecular flexibility index (Phi) is 4.36. The summed E-state index contributed by atoms with van der Waals surface area (Å²) in [5, 5.41) is 3.37. The quantitative estimate of drug-likeness (QED) is 0.547. The lowest BCUT2D eigenvalue weighted by atomic mass is 9.94. The predicted octanol–water partition coefficient (Wildman–Crippen LogP) is 1.40. The maximum absolute atomic E-state index is 5.34. The van der Waals surface area contributed by atoms with E-state index in [2.05, 4.69) is 39.5 Å². The molecule has 0 saturated heterocycles. The number of hydrogen-bond acceptors (Lipinski definition) is 7. The maximum Gasteiger partial charge on any atom is 0.322 e. The Labute approximate surface area is 113 Å². The Morgan fingerprint density at radius 1 is 1.26 bits per heavy atom. The molecule has 1 aliphatic rings. The summed E-state index contributed by atoms with van der Waals surface area (Å²) in [5.41, 5.74) is 2.42. The van der Waals surface area contributed by atoms with Crippen LogP contribution in [0.4, 0.5) is 11.9 Å². The van der Waals surface area contributed by atoms with E-state index in [4.69, 9.17) is 10.6 Å². The van der Waals surface area contributed by atoms with E-state index in [0.29, 0.717) is 23.9 Å². The zero-order chi connectivity index (χ0) is 13.8. The van der Waals surface area contributed by atoms with Gasteiger partial charge in [-0.1, -0.05) is 20.3 Å². The second-order valence-electron chi connectivity index (χ2n) is 4.97. The van der Waals surface area contributed by atoms with E-state index < -0.39 is 0 Å². The summed E-state index contributed by atoms with van der Waals surface area (Å²) in [6.45, 7) is 4.52. The number of nitrogen functional groups attached to an aromatic ring is 1. The molecule has 0 radical (unpaired) electrons. The number of nitrogens with two attached hydrogens (primary N) is 1. The number of methoxy groups -OCH3 is 1. The van der Waals surface area contributed by atoms with Crippen molar-refractivity contribution in [3.63, 3.8) is 0 Å². The van der Waals surface area contributed by atoms with Crippen LogP contribution in [0, 0.1) is 11.8 Å². The first-order chi connectivity index (χ1) is 9.17. The van der Waals surface area contributed by atoms with Gasteiger partial charge in [0.2, 0.25) is 11.9 Å². The van der Waals surface area contributed by atoms with E-state index in [9.17, 15) is 0 Å². The topological polar surface area (TPSA) is 98.0 Å². The van der Waals surface area contributed by atoms with E-state index in [1.165, 1.54) is 20.0 Å². The fourth-order valence-corrected chi connectivity index (χ4v) is 2.77. The molecule has 0 aromatic carbocycles. The van der Waals surface area contributed by atoms with Gasteiger partial charge in [0, 0.05) is 6.04 Å². The largest absolute Gasteiger partial charge is 0.467 e. The number of hydrazine groups is 1. The highest BCUT2D eigenvalue weighted by Crippen LogP contribution is 2.35. The van der Waals surface area contributed by atoms with Crippen LogP contribution in [0.2, 0.25) is 0 Å². The highest BCUT2D eigenvalue weighted by Gasteiger charge is 2.32. The van der Waals surface area contributed by atoms with Gasteiger partial charge in [0.25, 0.3) is 0 Å². The minimum Gasteiger partial charge on any atom is -0.467 e. The summed E-state index contributed by atoms with van der Waals surface area (Å²) in [5.74, 6) is 7.53. The van der Waals surface area contributed by atoms with Gasteiger partial charge in [0.15, 0.2) is 0 Å². The second kappa shape index (κ2) is 6.01. The monoisotopic (exact) mass is 266 g/mol. The third-order valence-corrected chi connectivity index (χ3v) is 3.99. The van der Waals surface area contributed by atoms with Crippen LogP contribution >= 0.6 is 0 Å². The fourth-order valence-electron chi connectivity index (χ4n) is 2.77. The van der Waals surface area contributed by atoms with E-state index in [1.807, 2.05) is 0 Å². The Morgan fingerprint density at radius 2 is 2.00 bits per heavy atom. The van der Waals surface area contributed by atoms with Crippen LogP contribution in [-0.2, 0) is 0 Å². The molecule has 2 rings (SSSR count). The number of nitrogens with zero attached hydrogens (tertiary/aromatic N) is 3. The Morgan fingerprint density at radius 3 is 2.58 bits per heavy atom. The molecule has 19 heavy (non-hydrogen) atoms. The standard InChI is InChI=1S/C12H22N6O/c1-4-8-5-6-9(7(8)2)14-10-15-11(18-13)17-12(16-10)19-3/h7-9H,4-6,13H2,1-3H3,(H2,14,15,16,17,18). The lowest BCUT2D eigenvalue weighted by Gasteiger charge is -2.21. The van der Waals surface area contributed by atoms with Crippen LogP contribution in [0.25, 0.3) is 0 Å². The summed E-state index contributed by atoms with van der Waals surface area (Å²) >= 11 is 0. The lowest BCUT2D eigenvalue weighted by molar-refractivity contribution is 0.377. The Hall–Kier alpha value is -1.63. The molecule has 1 fully saturated rings. The molecular weight excluding hydrogens is 244 g/mol. The van der Waals surface area contributed by atoms with Crippen LogP contribution in [-0.4, -0.2) is 28.1 Å². The van der Waals surface area contributed by atoms with E-state index >= 15 is 0 Å². The summed E-state index contributed by atoms with van der Waals surface area (Å²) in [6.07, 6.45) is 3.61. The van der Waals surface area contributed by atoms with E-state index in [-0.39, 0.29) is 6.01 Å². The first kappa shape index (κ1) is 13.8. The molecule has 3 unspecified atom stereocenters. The third kappa shape index (κ3) is 3.04. The van der Waals surface area contributed by atoms with Crippen LogP contribution in [0.5, 0.6) is 6.01 Å². The molecule has 1 aliphatic carbocycles. The van der Waals surface area contributed by atoms with Crippen molar-refractivity contribution in [1.29, 1.82) is 0 Å². The molecule has 1 aromatic heterocycles. The van der Waals surface area contributed by atoms with Gasteiger partial charge in [-0.05, 0) is 24.7 Å². The van der Waals surface area contributed by atoms with Crippen molar-refractivity contribution in [3.05, 3.63) is 0 Å². The number of ether oxygens (including phenoxy) is 1. The maximum atomic E-state index is 5.34. The first-order valence-corrected chi connectivity index (χ1v) is 6.71. The van der Waals surface area contributed by atoms with Crippen molar-refractivity contribution in [3.8, 4) is 6.01 Å². The molecule has 1 saturated carbocycles. The summed E-state index contributed by atoms with van der Waals surface area (Å²) in [7, 11) is 1.52. The summed E-state index contributed by atoms with van der Waals surface area (Å²) < 4.78 is 5.03. The first-order valence-electron chi connectivity index (χ1n) is 6.71. The highest BCUT2D eigenvalue weighted by atomic mass is 16.5. The SMILES string of the molecule is CCC1CCC(Nc2nc(NN)nc(OC)n2)C1C. The van der Waals surface area contributed by atoms with Gasteiger partial charge < -0.3 is 10.1 Å². The van der Waals surface area contributed by atoms with Gasteiger partial charge in [-0.25, -0.2) is 5.84 Å². The predicted molar refractivity (Wildman–Crippen MR) is 73.8 cm³/mol. The smallest absolute Gasteiger partial charge is 0.322 e. The lowest BCUT2D eigenvalue weighted by Crippen LogP contribution is -2.26. The van der Waals surface area contributed by atoms with Crippen molar-refractivity contribution in [1.82, 2.24) is 15.0 Å². The van der Waals surface area contributed by atoms with Crippen LogP contribution in [0.15, 0.2) is 0 Å². The molecule has 0 bridgehead atoms. The molecular formula is C12H22N6O. The molecule has 4 N–H and O–H groups in total.